The third-order valence-electron chi connectivity index (χ3n) is 5.56. The van der Waals surface area contributed by atoms with Gasteiger partial charge in [-0.25, -0.2) is 4.39 Å². The van der Waals surface area contributed by atoms with Crippen LogP contribution in [0.15, 0.2) is 53.7 Å². The lowest BCUT2D eigenvalue weighted by Crippen LogP contribution is -2.33. The fourth-order valence-corrected chi connectivity index (χ4v) is 4.76. The average Bonchev–Trinajstić information content (AvgIpc) is 3.22. The molecule has 2 heterocycles. The second kappa shape index (κ2) is 9.62. The van der Waals surface area contributed by atoms with Crippen LogP contribution in [0.3, 0.4) is 0 Å². The van der Waals surface area contributed by atoms with Crippen LogP contribution in [-0.4, -0.2) is 39.9 Å². The summed E-state index contributed by atoms with van der Waals surface area (Å²) in [5.74, 6) is 2.24. The highest BCUT2D eigenvalue weighted by Gasteiger charge is 2.25. The lowest BCUT2D eigenvalue weighted by atomic mass is 10.1. The van der Waals surface area contributed by atoms with Gasteiger partial charge in [-0.1, -0.05) is 30.3 Å². The SMILES string of the molecule is COc1cccc(CSc2nnc([C@H](C)N3CCCCC3)n2-c2ccc(F)cc2)c1. The minimum Gasteiger partial charge on any atom is -0.497 e. The molecule has 4 rings (SSSR count). The van der Waals surface area contributed by atoms with Gasteiger partial charge < -0.3 is 4.74 Å². The number of hydrogen-bond acceptors (Lipinski definition) is 5. The highest BCUT2D eigenvalue weighted by Crippen LogP contribution is 2.31. The van der Waals surface area contributed by atoms with Crippen molar-refractivity contribution in [3.8, 4) is 11.4 Å². The summed E-state index contributed by atoms with van der Waals surface area (Å²) < 4.78 is 21.0. The Morgan fingerprint density at radius 2 is 1.83 bits per heavy atom. The molecule has 0 saturated carbocycles. The molecule has 1 aromatic heterocycles. The van der Waals surface area contributed by atoms with Crippen molar-refractivity contribution in [3.63, 3.8) is 0 Å². The summed E-state index contributed by atoms with van der Waals surface area (Å²) >= 11 is 1.62. The van der Waals surface area contributed by atoms with Gasteiger partial charge in [0.1, 0.15) is 11.6 Å². The molecule has 0 unspecified atom stereocenters. The number of rotatable bonds is 7. The van der Waals surface area contributed by atoms with Crippen molar-refractivity contribution in [2.75, 3.05) is 20.2 Å². The molecular formula is C23H27FN4OS. The van der Waals surface area contributed by atoms with E-state index in [9.17, 15) is 4.39 Å². The van der Waals surface area contributed by atoms with E-state index in [1.807, 2.05) is 18.2 Å². The van der Waals surface area contributed by atoms with E-state index in [4.69, 9.17) is 4.74 Å². The molecule has 0 aliphatic carbocycles. The van der Waals surface area contributed by atoms with Crippen molar-refractivity contribution in [2.24, 2.45) is 0 Å². The molecule has 3 aromatic rings. The maximum absolute atomic E-state index is 13.6. The summed E-state index contributed by atoms with van der Waals surface area (Å²) in [6.45, 7) is 4.33. The molecule has 7 heteroatoms. The zero-order valence-electron chi connectivity index (χ0n) is 17.4. The van der Waals surface area contributed by atoms with Crippen LogP contribution in [0, 0.1) is 5.82 Å². The first-order valence-electron chi connectivity index (χ1n) is 10.4. The molecular weight excluding hydrogens is 399 g/mol. The number of likely N-dealkylation sites (tertiary alicyclic amines) is 1. The number of aromatic nitrogens is 3. The summed E-state index contributed by atoms with van der Waals surface area (Å²) in [5.41, 5.74) is 2.03. The number of methoxy groups -OCH3 is 1. The minimum atomic E-state index is -0.247. The van der Waals surface area contributed by atoms with Gasteiger partial charge in [0.2, 0.25) is 0 Å². The molecule has 1 atom stereocenters. The summed E-state index contributed by atoms with van der Waals surface area (Å²) in [4.78, 5) is 2.46. The number of ether oxygens (including phenoxy) is 1. The fourth-order valence-electron chi connectivity index (χ4n) is 3.86. The van der Waals surface area contributed by atoms with E-state index in [0.29, 0.717) is 0 Å². The van der Waals surface area contributed by atoms with E-state index in [0.717, 1.165) is 46.8 Å². The third-order valence-corrected chi connectivity index (χ3v) is 6.56. The summed E-state index contributed by atoms with van der Waals surface area (Å²) in [5, 5.41) is 9.89. The van der Waals surface area contributed by atoms with Gasteiger partial charge in [-0.3, -0.25) is 9.47 Å². The molecule has 0 spiro atoms. The van der Waals surface area contributed by atoms with Gasteiger partial charge in [-0.05, 0) is 74.8 Å². The van der Waals surface area contributed by atoms with Crippen molar-refractivity contribution in [2.45, 2.75) is 43.1 Å². The van der Waals surface area contributed by atoms with E-state index >= 15 is 0 Å². The Morgan fingerprint density at radius 3 is 2.57 bits per heavy atom. The number of nitrogens with zero attached hydrogens (tertiary/aromatic N) is 4. The van der Waals surface area contributed by atoms with Gasteiger partial charge >= 0.3 is 0 Å². The first kappa shape index (κ1) is 20.9. The zero-order chi connectivity index (χ0) is 20.9. The van der Waals surface area contributed by atoms with E-state index in [1.54, 1.807) is 31.0 Å². The van der Waals surface area contributed by atoms with Crippen LogP contribution in [0.1, 0.15) is 43.6 Å². The Labute approximate surface area is 181 Å². The average molecular weight is 427 g/mol. The van der Waals surface area contributed by atoms with Crippen LogP contribution in [0.5, 0.6) is 5.75 Å². The molecule has 1 aliphatic heterocycles. The van der Waals surface area contributed by atoms with E-state index in [1.165, 1.54) is 31.4 Å². The second-order valence-electron chi connectivity index (χ2n) is 7.57. The lowest BCUT2D eigenvalue weighted by Gasteiger charge is -2.31. The van der Waals surface area contributed by atoms with Crippen LogP contribution in [0.2, 0.25) is 0 Å². The Bertz CT molecular complexity index is 970. The Kier molecular flexibility index (Phi) is 6.69. The van der Waals surface area contributed by atoms with Gasteiger partial charge in [0.15, 0.2) is 11.0 Å². The highest BCUT2D eigenvalue weighted by atomic mass is 32.2. The summed E-state index contributed by atoms with van der Waals surface area (Å²) in [6.07, 6.45) is 3.72. The van der Waals surface area contributed by atoms with Crippen LogP contribution in [-0.2, 0) is 5.75 Å². The monoisotopic (exact) mass is 426 g/mol. The summed E-state index contributed by atoms with van der Waals surface area (Å²) in [6, 6.07) is 14.7. The molecule has 1 fully saturated rings. The minimum absolute atomic E-state index is 0.147. The smallest absolute Gasteiger partial charge is 0.196 e. The van der Waals surface area contributed by atoms with Gasteiger partial charge in [-0.2, -0.15) is 0 Å². The molecule has 5 nitrogen and oxygen atoms in total. The Balaban J connectivity index is 1.63. The maximum Gasteiger partial charge on any atom is 0.196 e. The molecule has 158 valence electrons. The number of halogens is 1. The van der Waals surface area contributed by atoms with E-state index in [2.05, 4.69) is 32.7 Å². The molecule has 0 amide bonds. The Morgan fingerprint density at radius 1 is 1.07 bits per heavy atom. The quantitative estimate of drug-likeness (QED) is 0.483. The maximum atomic E-state index is 13.6. The molecule has 1 saturated heterocycles. The second-order valence-corrected chi connectivity index (χ2v) is 8.51. The molecule has 1 aliphatic rings. The third kappa shape index (κ3) is 4.68. The summed E-state index contributed by atoms with van der Waals surface area (Å²) in [7, 11) is 1.67. The number of thioether (sulfide) groups is 1. The van der Waals surface area contributed by atoms with E-state index in [-0.39, 0.29) is 11.9 Å². The lowest BCUT2D eigenvalue weighted by molar-refractivity contribution is 0.167. The first-order valence-corrected chi connectivity index (χ1v) is 11.4. The molecule has 0 radical (unpaired) electrons. The van der Waals surface area contributed by atoms with Gasteiger partial charge in [-0.15, -0.1) is 10.2 Å². The van der Waals surface area contributed by atoms with Crippen LogP contribution >= 0.6 is 11.8 Å². The fraction of sp³-hybridized carbons (Fsp3) is 0.391. The molecule has 30 heavy (non-hydrogen) atoms. The van der Waals surface area contributed by atoms with Gasteiger partial charge in [0, 0.05) is 11.4 Å². The van der Waals surface area contributed by atoms with Crippen molar-refractivity contribution in [1.82, 2.24) is 19.7 Å². The predicted molar refractivity (Wildman–Crippen MR) is 118 cm³/mol. The molecule has 0 N–H and O–H groups in total. The van der Waals surface area contributed by atoms with Gasteiger partial charge in [0.25, 0.3) is 0 Å². The molecule has 0 bridgehead atoms. The molecule has 2 aromatic carbocycles. The van der Waals surface area contributed by atoms with Gasteiger partial charge in [0.05, 0.1) is 13.2 Å². The van der Waals surface area contributed by atoms with Crippen LogP contribution < -0.4 is 4.74 Å². The largest absolute Gasteiger partial charge is 0.497 e. The number of benzene rings is 2. The number of hydrogen-bond donors (Lipinski definition) is 0. The Hall–Kier alpha value is -2.38. The zero-order valence-corrected chi connectivity index (χ0v) is 18.2. The van der Waals surface area contributed by atoms with Crippen molar-refractivity contribution in [3.05, 3.63) is 65.7 Å². The van der Waals surface area contributed by atoms with Crippen molar-refractivity contribution < 1.29 is 9.13 Å². The van der Waals surface area contributed by atoms with Crippen LogP contribution in [0.4, 0.5) is 4.39 Å². The van der Waals surface area contributed by atoms with Crippen LogP contribution in [0.25, 0.3) is 5.69 Å². The van der Waals surface area contributed by atoms with E-state index < -0.39 is 0 Å². The van der Waals surface area contributed by atoms with Crippen molar-refractivity contribution >= 4 is 11.8 Å². The highest BCUT2D eigenvalue weighted by molar-refractivity contribution is 7.98. The topological polar surface area (TPSA) is 43.2 Å². The normalized spacial score (nSPS) is 15.8. The number of piperidine rings is 1. The van der Waals surface area contributed by atoms with Crippen molar-refractivity contribution in [1.29, 1.82) is 0 Å². The predicted octanol–water partition coefficient (Wildman–Crippen LogP) is 5.25. The standard InChI is InChI=1S/C23H27FN4OS/c1-17(27-13-4-3-5-14-27)22-25-26-23(28(22)20-11-9-19(24)10-12-20)30-16-18-7-6-8-21(15-18)29-2/h6-12,15,17H,3-5,13-14,16H2,1-2H3/t17-/m0/s1. The first-order chi connectivity index (χ1) is 14.7.